The van der Waals surface area contributed by atoms with Gasteiger partial charge in [-0.1, -0.05) is 0 Å². The highest BCUT2D eigenvalue weighted by Gasteiger charge is 2.15. The van der Waals surface area contributed by atoms with Crippen LogP contribution in [0.3, 0.4) is 0 Å². The quantitative estimate of drug-likeness (QED) is 0.592. The topological polar surface area (TPSA) is 71.6 Å². The van der Waals surface area contributed by atoms with E-state index in [1.807, 2.05) is 12.1 Å². The molecule has 0 radical (unpaired) electrons. The van der Waals surface area contributed by atoms with Gasteiger partial charge in [-0.15, -0.1) is 0 Å². The van der Waals surface area contributed by atoms with Crippen molar-refractivity contribution in [1.82, 2.24) is 4.90 Å². The molecule has 21 heavy (non-hydrogen) atoms. The van der Waals surface area contributed by atoms with Crippen molar-refractivity contribution in [1.29, 1.82) is 5.41 Å². The standard InChI is InChI=1S/C16H25N3O2/c1-19(11-13-3-2-9-20-12-13)8-10-21-15-6-4-14(5-7-15)16(17)18/h4-7,13H,2-3,8-12H2,1H3,(H3,17,18). The first-order valence-electron chi connectivity index (χ1n) is 7.48. The second-order valence-corrected chi connectivity index (χ2v) is 5.63. The zero-order valence-corrected chi connectivity index (χ0v) is 12.7. The predicted molar refractivity (Wildman–Crippen MR) is 84.0 cm³/mol. The molecule has 0 amide bonds. The van der Waals surface area contributed by atoms with Crippen molar-refractivity contribution < 1.29 is 9.47 Å². The van der Waals surface area contributed by atoms with Crippen LogP contribution in [0.25, 0.3) is 0 Å². The molecule has 116 valence electrons. The molecule has 5 nitrogen and oxygen atoms in total. The summed E-state index contributed by atoms with van der Waals surface area (Å²) in [6.45, 7) is 4.42. The van der Waals surface area contributed by atoms with Gasteiger partial charge in [0, 0.05) is 25.3 Å². The average molecular weight is 291 g/mol. The molecule has 0 spiro atoms. The van der Waals surface area contributed by atoms with Gasteiger partial charge in [0.2, 0.25) is 0 Å². The fraction of sp³-hybridized carbons (Fsp3) is 0.562. The first-order valence-corrected chi connectivity index (χ1v) is 7.48. The van der Waals surface area contributed by atoms with E-state index in [1.165, 1.54) is 12.8 Å². The van der Waals surface area contributed by atoms with Crippen molar-refractivity contribution >= 4 is 5.84 Å². The summed E-state index contributed by atoms with van der Waals surface area (Å²) in [5.41, 5.74) is 6.14. The van der Waals surface area contributed by atoms with Crippen LogP contribution >= 0.6 is 0 Å². The number of likely N-dealkylation sites (N-methyl/N-ethyl adjacent to an activating group) is 1. The van der Waals surface area contributed by atoms with Gasteiger partial charge in [0.15, 0.2) is 0 Å². The van der Waals surface area contributed by atoms with E-state index in [2.05, 4.69) is 11.9 Å². The van der Waals surface area contributed by atoms with Crippen LogP contribution in [0, 0.1) is 11.3 Å². The van der Waals surface area contributed by atoms with Crippen molar-refractivity contribution in [2.45, 2.75) is 12.8 Å². The zero-order valence-electron chi connectivity index (χ0n) is 12.7. The first kappa shape index (κ1) is 15.8. The van der Waals surface area contributed by atoms with Gasteiger partial charge in [-0.3, -0.25) is 5.41 Å². The largest absolute Gasteiger partial charge is 0.492 e. The van der Waals surface area contributed by atoms with Crippen LogP contribution in [-0.4, -0.2) is 50.7 Å². The number of rotatable bonds is 7. The maximum Gasteiger partial charge on any atom is 0.122 e. The summed E-state index contributed by atoms with van der Waals surface area (Å²) in [6, 6.07) is 7.32. The Labute approximate surface area is 126 Å². The van der Waals surface area contributed by atoms with Gasteiger partial charge in [0.25, 0.3) is 0 Å². The Morgan fingerprint density at radius 1 is 1.43 bits per heavy atom. The molecule has 1 aliphatic rings. The maximum absolute atomic E-state index is 7.34. The van der Waals surface area contributed by atoms with E-state index in [4.69, 9.17) is 20.6 Å². The lowest BCUT2D eigenvalue weighted by atomic mass is 10.0. The van der Waals surface area contributed by atoms with Gasteiger partial charge in [0.05, 0.1) is 6.61 Å². The lowest BCUT2D eigenvalue weighted by molar-refractivity contribution is 0.0405. The molecule has 3 N–H and O–H groups in total. The third-order valence-electron chi connectivity index (χ3n) is 3.73. The number of nitrogens with one attached hydrogen (secondary N) is 1. The summed E-state index contributed by atoms with van der Waals surface area (Å²) in [4.78, 5) is 2.29. The molecule has 0 saturated carbocycles. The summed E-state index contributed by atoms with van der Waals surface area (Å²) < 4.78 is 11.2. The minimum Gasteiger partial charge on any atom is -0.492 e. The Bertz CT molecular complexity index is 441. The first-order chi connectivity index (χ1) is 10.1. The molecular weight excluding hydrogens is 266 g/mol. The lowest BCUT2D eigenvalue weighted by Gasteiger charge is -2.27. The summed E-state index contributed by atoms with van der Waals surface area (Å²) in [6.07, 6.45) is 2.44. The molecule has 0 bridgehead atoms. The normalized spacial score (nSPS) is 18.7. The third-order valence-corrected chi connectivity index (χ3v) is 3.73. The number of amidine groups is 1. The molecule has 1 aliphatic heterocycles. The summed E-state index contributed by atoms with van der Waals surface area (Å²) >= 11 is 0. The van der Waals surface area contributed by atoms with Gasteiger partial charge in [-0.05, 0) is 50.1 Å². The smallest absolute Gasteiger partial charge is 0.122 e. The highest BCUT2D eigenvalue weighted by atomic mass is 16.5. The van der Waals surface area contributed by atoms with E-state index in [0.717, 1.165) is 37.6 Å². The zero-order chi connectivity index (χ0) is 15.1. The van der Waals surface area contributed by atoms with Crippen LogP contribution in [0.1, 0.15) is 18.4 Å². The number of benzene rings is 1. The van der Waals surface area contributed by atoms with Gasteiger partial charge >= 0.3 is 0 Å². The molecule has 1 aromatic rings. The van der Waals surface area contributed by atoms with E-state index in [-0.39, 0.29) is 5.84 Å². The Kier molecular flexibility index (Phi) is 6.02. The van der Waals surface area contributed by atoms with Gasteiger partial charge in [-0.2, -0.15) is 0 Å². The third kappa shape index (κ3) is 5.36. The number of nitrogen functional groups attached to an aromatic ring is 1. The fourth-order valence-electron chi connectivity index (χ4n) is 2.53. The molecule has 5 heteroatoms. The van der Waals surface area contributed by atoms with Crippen molar-refractivity contribution in [3.05, 3.63) is 29.8 Å². The van der Waals surface area contributed by atoms with E-state index < -0.39 is 0 Å². The van der Waals surface area contributed by atoms with Crippen LogP contribution in [0.2, 0.25) is 0 Å². The molecule has 2 rings (SSSR count). The van der Waals surface area contributed by atoms with Crippen LogP contribution in [0.15, 0.2) is 24.3 Å². The number of nitrogens with two attached hydrogens (primary N) is 1. The number of hydrogen-bond donors (Lipinski definition) is 2. The Morgan fingerprint density at radius 3 is 2.81 bits per heavy atom. The number of nitrogens with zero attached hydrogens (tertiary/aromatic N) is 1. The summed E-state index contributed by atoms with van der Waals surface area (Å²) in [7, 11) is 2.12. The van der Waals surface area contributed by atoms with Crippen LogP contribution in [0.4, 0.5) is 0 Å². The van der Waals surface area contributed by atoms with Gasteiger partial charge in [-0.25, -0.2) is 0 Å². The van der Waals surface area contributed by atoms with Crippen molar-refractivity contribution in [2.24, 2.45) is 11.7 Å². The lowest BCUT2D eigenvalue weighted by Crippen LogP contribution is -2.33. The van der Waals surface area contributed by atoms with E-state index in [1.54, 1.807) is 12.1 Å². The van der Waals surface area contributed by atoms with Crippen LogP contribution < -0.4 is 10.5 Å². The van der Waals surface area contributed by atoms with E-state index in [9.17, 15) is 0 Å². The van der Waals surface area contributed by atoms with E-state index in [0.29, 0.717) is 12.5 Å². The monoisotopic (exact) mass is 291 g/mol. The Balaban J connectivity index is 1.67. The molecule has 0 aliphatic carbocycles. The molecule has 1 atom stereocenters. The van der Waals surface area contributed by atoms with E-state index >= 15 is 0 Å². The SMILES string of the molecule is CN(CCOc1ccc(C(=N)N)cc1)CC1CCCOC1. The molecule has 1 fully saturated rings. The van der Waals surface area contributed by atoms with Crippen LogP contribution in [0.5, 0.6) is 5.75 Å². The molecular formula is C16H25N3O2. The highest BCUT2D eigenvalue weighted by Crippen LogP contribution is 2.15. The minimum absolute atomic E-state index is 0.0796. The molecule has 1 saturated heterocycles. The van der Waals surface area contributed by atoms with Crippen molar-refractivity contribution in [3.63, 3.8) is 0 Å². The fourth-order valence-corrected chi connectivity index (χ4v) is 2.53. The second-order valence-electron chi connectivity index (χ2n) is 5.63. The van der Waals surface area contributed by atoms with Crippen molar-refractivity contribution in [3.8, 4) is 5.75 Å². The molecule has 1 aromatic carbocycles. The predicted octanol–water partition coefficient (Wildman–Crippen LogP) is 1.71. The van der Waals surface area contributed by atoms with Gasteiger partial charge in [0.1, 0.15) is 18.2 Å². The van der Waals surface area contributed by atoms with Crippen LogP contribution in [-0.2, 0) is 4.74 Å². The second kappa shape index (κ2) is 8.00. The summed E-state index contributed by atoms with van der Waals surface area (Å²) in [5.74, 6) is 1.55. The Morgan fingerprint density at radius 2 is 2.19 bits per heavy atom. The molecule has 1 heterocycles. The maximum atomic E-state index is 7.34. The highest BCUT2D eigenvalue weighted by molar-refractivity contribution is 5.94. The number of hydrogen-bond acceptors (Lipinski definition) is 4. The molecule has 1 unspecified atom stereocenters. The molecule has 0 aromatic heterocycles. The Hall–Kier alpha value is -1.59. The minimum atomic E-state index is 0.0796. The average Bonchev–Trinajstić information content (AvgIpc) is 2.49. The van der Waals surface area contributed by atoms with Crippen molar-refractivity contribution in [2.75, 3.05) is 40.0 Å². The van der Waals surface area contributed by atoms with Gasteiger partial charge < -0.3 is 20.1 Å². The number of ether oxygens (including phenoxy) is 2. The summed E-state index contributed by atoms with van der Waals surface area (Å²) in [5, 5.41) is 7.34.